The van der Waals surface area contributed by atoms with Gasteiger partial charge in [-0.1, -0.05) is 17.6 Å². The van der Waals surface area contributed by atoms with Crippen LogP contribution >= 0.6 is 11.3 Å². The Morgan fingerprint density at radius 2 is 2.24 bits per heavy atom. The van der Waals surface area contributed by atoms with Crippen molar-refractivity contribution in [1.82, 2.24) is 4.90 Å². The van der Waals surface area contributed by atoms with Crippen LogP contribution in [-0.2, 0) is 4.84 Å². The van der Waals surface area contributed by atoms with E-state index in [4.69, 9.17) is 4.84 Å². The smallest absolute Gasteiger partial charge is 0.150 e. The average molecular weight is 251 g/mol. The molecule has 0 aliphatic carbocycles. The van der Waals surface area contributed by atoms with Gasteiger partial charge in [0.05, 0.1) is 4.88 Å². The minimum Gasteiger partial charge on any atom is -0.395 e. The Labute approximate surface area is 107 Å². The average Bonchev–Trinajstić information content (AvgIpc) is 2.88. The zero-order valence-electron chi connectivity index (χ0n) is 10.1. The first-order valence-electron chi connectivity index (χ1n) is 6.29. The van der Waals surface area contributed by atoms with Crippen LogP contribution in [0.3, 0.4) is 0 Å². The molecule has 1 radical (unpaired) electrons. The van der Waals surface area contributed by atoms with Gasteiger partial charge in [-0.05, 0) is 43.8 Å². The SMILES string of the molecule is [C](=N\OCCCN1CCCCC1)/c1cccs1. The molecule has 1 aromatic heterocycles. The van der Waals surface area contributed by atoms with E-state index in [1.165, 1.54) is 32.4 Å². The first-order valence-corrected chi connectivity index (χ1v) is 7.17. The van der Waals surface area contributed by atoms with Crippen molar-refractivity contribution in [1.29, 1.82) is 0 Å². The van der Waals surface area contributed by atoms with Gasteiger partial charge >= 0.3 is 0 Å². The van der Waals surface area contributed by atoms with E-state index >= 15 is 0 Å². The molecule has 0 saturated carbocycles. The van der Waals surface area contributed by atoms with Crippen molar-refractivity contribution in [2.75, 3.05) is 26.2 Å². The fourth-order valence-corrected chi connectivity index (χ4v) is 2.55. The number of hydrogen-bond acceptors (Lipinski definition) is 4. The molecule has 0 aromatic carbocycles. The van der Waals surface area contributed by atoms with Gasteiger partial charge in [0.25, 0.3) is 0 Å². The second-order valence-electron chi connectivity index (χ2n) is 4.27. The Morgan fingerprint density at radius 3 is 3.00 bits per heavy atom. The molecule has 4 heteroatoms. The van der Waals surface area contributed by atoms with E-state index in [2.05, 4.69) is 16.3 Å². The minimum atomic E-state index is 0.689. The zero-order chi connectivity index (χ0) is 11.8. The number of piperidine rings is 1. The molecule has 3 nitrogen and oxygen atoms in total. The van der Waals surface area contributed by atoms with Crippen molar-refractivity contribution in [2.45, 2.75) is 25.7 Å². The van der Waals surface area contributed by atoms with Gasteiger partial charge in [0.2, 0.25) is 0 Å². The molecule has 1 saturated heterocycles. The molecule has 2 heterocycles. The van der Waals surface area contributed by atoms with E-state index in [-0.39, 0.29) is 0 Å². The molecule has 93 valence electrons. The van der Waals surface area contributed by atoms with Crippen molar-refractivity contribution >= 4 is 17.6 Å². The number of likely N-dealkylation sites (tertiary alicyclic amines) is 1. The summed E-state index contributed by atoms with van der Waals surface area (Å²) in [6.07, 6.45) is 8.02. The summed E-state index contributed by atoms with van der Waals surface area (Å²) < 4.78 is 0. The lowest BCUT2D eigenvalue weighted by Gasteiger charge is -2.25. The zero-order valence-corrected chi connectivity index (χ0v) is 10.9. The molecule has 1 aromatic rings. The van der Waals surface area contributed by atoms with Crippen LogP contribution < -0.4 is 0 Å². The monoisotopic (exact) mass is 251 g/mol. The van der Waals surface area contributed by atoms with Gasteiger partial charge in [-0.2, -0.15) is 0 Å². The van der Waals surface area contributed by atoms with E-state index in [1.54, 1.807) is 11.3 Å². The van der Waals surface area contributed by atoms with Gasteiger partial charge in [-0.25, -0.2) is 0 Å². The Hall–Kier alpha value is -0.870. The summed E-state index contributed by atoms with van der Waals surface area (Å²) >= 11 is 1.62. The number of thiophene rings is 1. The molecular weight excluding hydrogens is 232 g/mol. The molecule has 0 N–H and O–H groups in total. The third-order valence-corrected chi connectivity index (χ3v) is 3.67. The van der Waals surface area contributed by atoms with E-state index in [0.717, 1.165) is 17.8 Å². The summed E-state index contributed by atoms with van der Waals surface area (Å²) in [5.41, 5.74) is 0. The molecule has 1 aliphatic heterocycles. The summed E-state index contributed by atoms with van der Waals surface area (Å²) in [5.74, 6) is 0. The summed E-state index contributed by atoms with van der Waals surface area (Å²) in [7, 11) is 0. The summed E-state index contributed by atoms with van der Waals surface area (Å²) in [4.78, 5) is 8.72. The van der Waals surface area contributed by atoms with Gasteiger partial charge in [0.15, 0.2) is 0 Å². The van der Waals surface area contributed by atoms with Crippen molar-refractivity contribution in [3.05, 3.63) is 22.4 Å². The third-order valence-electron chi connectivity index (χ3n) is 2.90. The highest BCUT2D eigenvalue weighted by Gasteiger charge is 2.08. The van der Waals surface area contributed by atoms with Crippen molar-refractivity contribution in [3.8, 4) is 0 Å². The summed E-state index contributed by atoms with van der Waals surface area (Å²) in [6.45, 7) is 4.33. The molecule has 2 rings (SSSR count). The fourth-order valence-electron chi connectivity index (χ4n) is 2.00. The topological polar surface area (TPSA) is 24.8 Å². The largest absolute Gasteiger partial charge is 0.395 e. The van der Waals surface area contributed by atoms with Crippen LogP contribution in [0.2, 0.25) is 0 Å². The van der Waals surface area contributed by atoms with Gasteiger partial charge < -0.3 is 9.74 Å². The third kappa shape index (κ3) is 4.88. The highest BCUT2D eigenvalue weighted by atomic mass is 32.1. The van der Waals surface area contributed by atoms with Crippen molar-refractivity contribution in [2.24, 2.45) is 5.16 Å². The van der Waals surface area contributed by atoms with Gasteiger partial charge in [0.1, 0.15) is 12.8 Å². The highest BCUT2D eigenvalue weighted by molar-refractivity contribution is 7.11. The maximum absolute atomic E-state index is 5.19. The lowest BCUT2D eigenvalue weighted by molar-refractivity contribution is 0.125. The van der Waals surface area contributed by atoms with E-state index < -0.39 is 0 Å². The fraction of sp³-hybridized carbons (Fsp3) is 0.615. The molecule has 1 aliphatic rings. The standard InChI is InChI=1S/C13H19N2OS/c1-2-7-15(8-3-1)9-5-10-16-14-12-13-6-4-11-17-13/h4,6,11H,1-3,5,7-10H2. The summed E-state index contributed by atoms with van der Waals surface area (Å²) in [5, 5.41) is 5.85. The van der Waals surface area contributed by atoms with Gasteiger partial charge in [0, 0.05) is 6.54 Å². The maximum atomic E-state index is 5.19. The predicted molar refractivity (Wildman–Crippen MR) is 71.7 cm³/mol. The Bertz CT molecular complexity index is 318. The van der Waals surface area contributed by atoms with E-state index in [0.29, 0.717) is 6.61 Å². The molecule has 0 unspecified atom stereocenters. The maximum Gasteiger partial charge on any atom is 0.150 e. The predicted octanol–water partition coefficient (Wildman–Crippen LogP) is 2.85. The second-order valence-corrected chi connectivity index (χ2v) is 5.22. The Balaban J connectivity index is 1.51. The first-order chi connectivity index (χ1) is 8.45. The number of hydrogen-bond donors (Lipinski definition) is 0. The van der Waals surface area contributed by atoms with Crippen LogP contribution in [0.5, 0.6) is 0 Å². The van der Waals surface area contributed by atoms with Crippen LogP contribution in [-0.4, -0.2) is 37.4 Å². The molecule has 1 fully saturated rings. The van der Waals surface area contributed by atoms with Gasteiger partial charge in [-0.3, -0.25) is 0 Å². The second kappa shape index (κ2) is 7.45. The lowest BCUT2D eigenvalue weighted by Crippen LogP contribution is -2.31. The number of nitrogens with zero attached hydrogens (tertiary/aromatic N) is 2. The van der Waals surface area contributed by atoms with E-state index in [1.807, 2.05) is 17.5 Å². The molecule has 0 spiro atoms. The minimum absolute atomic E-state index is 0.689. The molecule has 17 heavy (non-hydrogen) atoms. The Morgan fingerprint density at radius 1 is 1.35 bits per heavy atom. The van der Waals surface area contributed by atoms with Crippen molar-refractivity contribution in [3.63, 3.8) is 0 Å². The molecule has 0 atom stereocenters. The van der Waals surface area contributed by atoms with Crippen LogP contribution in [0.4, 0.5) is 0 Å². The highest BCUT2D eigenvalue weighted by Crippen LogP contribution is 2.08. The van der Waals surface area contributed by atoms with Crippen LogP contribution in [0.15, 0.2) is 22.7 Å². The Kier molecular flexibility index (Phi) is 5.52. The lowest BCUT2D eigenvalue weighted by atomic mass is 10.1. The van der Waals surface area contributed by atoms with Crippen LogP contribution in [0.1, 0.15) is 30.6 Å². The first kappa shape index (κ1) is 12.6. The van der Waals surface area contributed by atoms with Crippen LogP contribution in [0, 0.1) is 0 Å². The summed E-state index contributed by atoms with van der Waals surface area (Å²) in [6, 6.07) is 3.96. The van der Waals surface area contributed by atoms with Crippen LogP contribution in [0.25, 0.3) is 0 Å². The van der Waals surface area contributed by atoms with Crippen molar-refractivity contribution < 1.29 is 4.84 Å². The molecular formula is C13H19N2OS. The normalized spacial score (nSPS) is 17.6. The van der Waals surface area contributed by atoms with E-state index in [9.17, 15) is 0 Å². The number of rotatable bonds is 6. The van der Waals surface area contributed by atoms with Gasteiger partial charge in [-0.15, -0.1) is 11.3 Å². The molecule has 0 amide bonds. The molecule has 0 bridgehead atoms. The quantitative estimate of drug-likeness (QED) is 0.441.